The van der Waals surface area contributed by atoms with Crippen LogP contribution in [0.2, 0.25) is 0 Å². The predicted octanol–water partition coefficient (Wildman–Crippen LogP) is 1.97. The van der Waals surface area contributed by atoms with Crippen molar-refractivity contribution in [2.45, 2.75) is 0 Å². The SMILES string of the molecule is O=[N+]([O-])c1ccc(F)c(F)c1NS(=O)(=O)CBr. The molecular weight excluding hydrogens is 326 g/mol. The number of anilines is 1. The fourth-order valence-corrected chi connectivity index (χ4v) is 1.88. The molecule has 0 aromatic heterocycles. The highest BCUT2D eigenvalue weighted by Gasteiger charge is 2.25. The van der Waals surface area contributed by atoms with Crippen LogP contribution in [0.4, 0.5) is 20.2 Å². The van der Waals surface area contributed by atoms with Gasteiger partial charge in [0.2, 0.25) is 10.0 Å². The number of nitrogens with zero attached hydrogens (tertiary/aromatic N) is 1. The number of hydrogen-bond donors (Lipinski definition) is 1. The van der Waals surface area contributed by atoms with E-state index in [0.717, 1.165) is 0 Å². The van der Waals surface area contributed by atoms with E-state index < -0.39 is 42.6 Å². The fraction of sp³-hybridized carbons (Fsp3) is 0.143. The summed E-state index contributed by atoms with van der Waals surface area (Å²) in [4.78, 5) is 9.51. The zero-order chi connectivity index (χ0) is 13.2. The lowest BCUT2D eigenvalue weighted by Crippen LogP contribution is -2.16. The van der Waals surface area contributed by atoms with E-state index in [9.17, 15) is 27.3 Å². The molecule has 0 aliphatic carbocycles. The van der Waals surface area contributed by atoms with E-state index in [1.807, 2.05) is 0 Å². The van der Waals surface area contributed by atoms with Gasteiger partial charge in [-0.2, -0.15) is 0 Å². The second-order valence-electron chi connectivity index (χ2n) is 2.84. The third-order valence-corrected chi connectivity index (χ3v) is 4.28. The summed E-state index contributed by atoms with van der Waals surface area (Å²) in [5.74, 6) is -3.01. The van der Waals surface area contributed by atoms with Crippen LogP contribution in [0.3, 0.4) is 0 Å². The molecule has 0 bridgehead atoms. The number of nitrogens with one attached hydrogen (secondary N) is 1. The molecule has 0 amide bonds. The first-order chi connectivity index (χ1) is 7.78. The van der Waals surface area contributed by atoms with Gasteiger partial charge in [0, 0.05) is 6.07 Å². The molecule has 0 unspecified atom stereocenters. The lowest BCUT2D eigenvalue weighted by molar-refractivity contribution is -0.384. The molecule has 1 aromatic carbocycles. The van der Waals surface area contributed by atoms with E-state index in [-0.39, 0.29) is 0 Å². The Morgan fingerprint density at radius 2 is 2.00 bits per heavy atom. The van der Waals surface area contributed by atoms with Crippen molar-refractivity contribution in [1.29, 1.82) is 0 Å². The summed E-state index contributed by atoms with van der Waals surface area (Å²) in [7, 11) is -4.01. The molecule has 0 spiro atoms. The normalized spacial score (nSPS) is 11.2. The van der Waals surface area contributed by atoms with Gasteiger partial charge in [-0.05, 0) is 6.07 Å². The molecule has 0 saturated carbocycles. The third-order valence-electron chi connectivity index (χ3n) is 1.67. The van der Waals surface area contributed by atoms with Gasteiger partial charge in [0.1, 0.15) is 4.66 Å². The minimum atomic E-state index is -4.01. The Hall–Kier alpha value is -1.29. The van der Waals surface area contributed by atoms with Crippen molar-refractivity contribution in [3.63, 3.8) is 0 Å². The molecule has 1 rings (SSSR count). The Morgan fingerprint density at radius 3 is 2.47 bits per heavy atom. The molecule has 17 heavy (non-hydrogen) atoms. The maximum Gasteiger partial charge on any atom is 0.296 e. The van der Waals surface area contributed by atoms with Gasteiger partial charge in [0.05, 0.1) is 4.92 Å². The number of halogens is 3. The summed E-state index contributed by atoms with van der Waals surface area (Å²) in [6.07, 6.45) is 0. The molecule has 1 N–H and O–H groups in total. The van der Waals surface area contributed by atoms with E-state index in [4.69, 9.17) is 0 Å². The van der Waals surface area contributed by atoms with Gasteiger partial charge in [-0.15, -0.1) is 0 Å². The largest absolute Gasteiger partial charge is 0.296 e. The Kier molecular flexibility index (Phi) is 3.98. The van der Waals surface area contributed by atoms with E-state index in [0.29, 0.717) is 12.1 Å². The number of sulfonamides is 1. The van der Waals surface area contributed by atoms with Crippen molar-refractivity contribution in [2.24, 2.45) is 0 Å². The van der Waals surface area contributed by atoms with Crippen molar-refractivity contribution in [3.8, 4) is 0 Å². The first-order valence-corrected chi connectivity index (χ1v) is 6.74. The molecule has 0 aliphatic heterocycles. The van der Waals surface area contributed by atoms with Gasteiger partial charge < -0.3 is 0 Å². The van der Waals surface area contributed by atoms with Crippen LogP contribution in [0.5, 0.6) is 0 Å². The van der Waals surface area contributed by atoms with Crippen LogP contribution in [-0.4, -0.2) is 18.0 Å². The average molecular weight is 331 g/mol. The van der Waals surface area contributed by atoms with E-state index >= 15 is 0 Å². The number of nitro benzene ring substituents is 1. The Balaban J connectivity index is 3.39. The lowest BCUT2D eigenvalue weighted by Gasteiger charge is -2.07. The summed E-state index contributed by atoms with van der Waals surface area (Å²) < 4.78 is 49.4. The molecule has 1 aromatic rings. The highest BCUT2D eigenvalue weighted by atomic mass is 79.9. The van der Waals surface area contributed by atoms with Crippen LogP contribution < -0.4 is 4.72 Å². The van der Waals surface area contributed by atoms with Gasteiger partial charge in [-0.25, -0.2) is 17.2 Å². The van der Waals surface area contributed by atoms with Crippen LogP contribution in [0.25, 0.3) is 0 Å². The second kappa shape index (κ2) is 4.92. The van der Waals surface area contributed by atoms with Gasteiger partial charge in [-0.3, -0.25) is 14.8 Å². The zero-order valence-corrected chi connectivity index (χ0v) is 10.4. The fourth-order valence-electron chi connectivity index (χ4n) is 0.972. The quantitative estimate of drug-likeness (QED) is 0.519. The van der Waals surface area contributed by atoms with E-state index in [2.05, 4.69) is 15.9 Å². The van der Waals surface area contributed by atoms with E-state index in [1.165, 1.54) is 0 Å². The van der Waals surface area contributed by atoms with Crippen molar-refractivity contribution in [2.75, 3.05) is 9.38 Å². The first-order valence-electron chi connectivity index (χ1n) is 3.97. The molecule has 10 heteroatoms. The van der Waals surface area contributed by atoms with Crippen LogP contribution in [0.1, 0.15) is 0 Å². The summed E-state index contributed by atoms with van der Waals surface area (Å²) in [6, 6.07) is 1.21. The van der Waals surface area contributed by atoms with E-state index in [1.54, 1.807) is 4.72 Å². The zero-order valence-electron chi connectivity index (χ0n) is 7.98. The molecule has 0 saturated heterocycles. The highest BCUT2D eigenvalue weighted by molar-refractivity contribution is 9.10. The minimum absolute atomic E-state index is 0.541. The van der Waals surface area contributed by atoms with Crippen LogP contribution in [0.15, 0.2) is 12.1 Å². The van der Waals surface area contributed by atoms with Gasteiger partial charge >= 0.3 is 0 Å². The molecular formula is C7H5BrF2N2O4S. The number of benzene rings is 1. The van der Waals surface area contributed by atoms with Gasteiger partial charge in [0.15, 0.2) is 17.3 Å². The summed E-state index contributed by atoms with van der Waals surface area (Å²) in [6.45, 7) is 0. The smallest absolute Gasteiger partial charge is 0.274 e. The molecule has 94 valence electrons. The Bertz CT molecular complexity index is 563. The predicted molar refractivity (Wildman–Crippen MR) is 59.3 cm³/mol. The lowest BCUT2D eigenvalue weighted by atomic mass is 10.2. The van der Waals surface area contributed by atoms with Crippen molar-refractivity contribution < 1.29 is 22.1 Å². The van der Waals surface area contributed by atoms with Crippen molar-refractivity contribution >= 4 is 37.3 Å². The van der Waals surface area contributed by atoms with Crippen LogP contribution in [0, 0.1) is 21.7 Å². The average Bonchev–Trinajstić information content (AvgIpc) is 2.24. The molecule has 0 atom stereocenters. The maximum absolute atomic E-state index is 13.3. The summed E-state index contributed by atoms with van der Waals surface area (Å²) in [5, 5.41) is 10.5. The second-order valence-corrected chi connectivity index (χ2v) is 5.86. The maximum atomic E-state index is 13.3. The topological polar surface area (TPSA) is 89.3 Å². The number of nitro groups is 1. The summed E-state index contributed by atoms with van der Waals surface area (Å²) >= 11 is 2.60. The Labute approximate surface area is 103 Å². The molecule has 0 aliphatic rings. The van der Waals surface area contributed by atoms with Crippen molar-refractivity contribution in [3.05, 3.63) is 33.9 Å². The summed E-state index contributed by atoms with van der Waals surface area (Å²) in [5.41, 5.74) is -1.89. The first kappa shape index (κ1) is 13.8. The standard InChI is InChI=1S/C7H5BrF2N2O4S/c8-3-17(15,16)11-7-5(12(13)14)2-1-4(9)6(7)10/h1-2,11H,3H2. The van der Waals surface area contributed by atoms with Gasteiger partial charge in [0.25, 0.3) is 5.69 Å². The van der Waals surface area contributed by atoms with Gasteiger partial charge in [-0.1, -0.05) is 15.9 Å². The minimum Gasteiger partial charge on any atom is -0.274 e. The monoisotopic (exact) mass is 330 g/mol. The van der Waals surface area contributed by atoms with Crippen LogP contribution in [-0.2, 0) is 10.0 Å². The molecule has 0 heterocycles. The highest BCUT2D eigenvalue weighted by Crippen LogP contribution is 2.30. The molecule has 0 fully saturated rings. The number of alkyl halides is 1. The molecule has 6 nitrogen and oxygen atoms in total. The number of rotatable bonds is 4. The Morgan fingerprint density at radius 1 is 1.41 bits per heavy atom. The van der Waals surface area contributed by atoms with Crippen molar-refractivity contribution in [1.82, 2.24) is 0 Å². The van der Waals surface area contributed by atoms with Crippen LogP contribution >= 0.6 is 15.9 Å². The number of hydrogen-bond acceptors (Lipinski definition) is 4. The molecule has 0 radical (unpaired) electrons. The third kappa shape index (κ3) is 3.09.